The van der Waals surface area contributed by atoms with Gasteiger partial charge in [0.05, 0.1) is 0 Å². The molecule has 4 heteroatoms. The number of hydrogen-bond acceptors (Lipinski definition) is 2. The number of amides is 2. The van der Waals surface area contributed by atoms with Crippen molar-refractivity contribution in [2.75, 3.05) is 0 Å². The number of benzene rings is 1. The third kappa shape index (κ3) is 5.45. The van der Waals surface area contributed by atoms with Crippen molar-refractivity contribution >= 4 is 11.8 Å². The Hall–Kier alpha value is -2.10. The topological polar surface area (TPSA) is 58.2 Å². The van der Waals surface area contributed by atoms with Gasteiger partial charge in [0.15, 0.2) is 0 Å². The van der Waals surface area contributed by atoms with Crippen LogP contribution in [0.1, 0.15) is 52.0 Å². The maximum Gasteiger partial charge on any atom is 0.244 e. The molecule has 1 saturated carbocycles. The summed E-state index contributed by atoms with van der Waals surface area (Å²) in [4.78, 5) is 24.7. The molecular weight excluding hydrogens is 324 g/mol. The van der Waals surface area contributed by atoms with E-state index in [9.17, 15) is 9.59 Å². The van der Waals surface area contributed by atoms with Crippen LogP contribution in [0.4, 0.5) is 0 Å². The molecule has 2 amide bonds. The lowest BCUT2D eigenvalue weighted by Gasteiger charge is -2.42. The van der Waals surface area contributed by atoms with E-state index < -0.39 is 6.04 Å². The van der Waals surface area contributed by atoms with Gasteiger partial charge in [-0.15, -0.1) is 0 Å². The fourth-order valence-corrected chi connectivity index (χ4v) is 3.76. The molecule has 0 saturated heterocycles. The number of hydrogen-bond donors (Lipinski definition) is 2. The SMILES string of the molecule is C=CC(=O)N[C@H](Cc1ccccc1)C(=O)NC1CCCC(C)(C(C)C)C1. The van der Waals surface area contributed by atoms with Gasteiger partial charge >= 0.3 is 0 Å². The molecule has 0 aromatic heterocycles. The van der Waals surface area contributed by atoms with E-state index in [1.807, 2.05) is 30.3 Å². The molecule has 1 aliphatic rings. The molecule has 2 rings (SSSR count). The molecule has 142 valence electrons. The van der Waals surface area contributed by atoms with Gasteiger partial charge in [0, 0.05) is 12.5 Å². The third-order valence-electron chi connectivity index (χ3n) is 5.85. The van der Waals surface area contributed by atoms with Crippen LogP contribution in [0.2, 0.25) is 0 Å². The minimum Gasteiger partial charge on any atom is -0.352 e. The summed E-state index contributed by atoms with van der Waals surface area (Å²) in [7, 11) is 0. The Morgan fingerprint density at radius 3 is 2.62 bits per heavy atom. The molecule has 0 radical (unpaired) electrons. The minimum absolute atomic E-state index is 0.109. The fraction of sp³-hybridized carbons (Fsp3) is 0.545. The zero-order chi connectivity index (χ0) is 19.2. The lowest BCUT2D eigenvalue weighted by atomic mass is 9.67. The first-order valence-corrected chi connectivity index (χ1v) is 9.61. The minimum atomic E-state index is -0.588. The number of rotatable bonds is 7. The fourth-order valence-electron chi connectivity index (χ4n) is 3.76. The van der Waals surface area contributed by atoms with Crippen LogP contribution >= 0.6 is 0 Å². The predicted octanol–water partition coefficient (Wildman–Crippen LogP) is 3.62. The molecule has 1 aromatic rings. The van der Waals surface area contributed by atoms with Crippen LogP contribution in [0.5, 0.6) is 0 Å². The molecule has 26 heavy (non-hydrogen) atoms. The monoisotopic (exact) mass is 356 g/mol. The van der Waals surface area contributed by atoms with E-state index >= 15 is 0 Å². The molecule has 0 aliphatic heterocycles. The van der Waals surface area contributed by atoms with Crippen molar-refractivity contribution in [3.63, 3.8) is 0 Å². The molecule has 4 nitrogen and oxygen atoms in total. The van der Waals surface area contributed by atoms with E-state index in [4.69, 9.17) is 0 Å². The molecule has 1 aliphatic carbocycles. The lowest BCUT2D eigenvalue weighted by Crippen LogP contribution is -2.52. The second-order valence-corrected chi connectivity index (χ2v) is 8.07. The van der Waals surface area contributed by atoms with Crippen LogP contribution in [0.15, 0.2) is 43.0 Å². The summed E-state index contributed by atoms with van der Waals surface area (Å²) < 4.78 is 0. The summed E-state index contributed by atoms with van der Waals surface area (Å²) in [5, 5.41) is 5.97. The molecular formula is C22H32N2O2. The number of nitrogens with one attached hydrogen (secondary N) is 2. The molecule has 0 spiro atoms. The van der Waals surface area contributed by atoms with E-state index in [1.54, 1.807) is 0 Å². The zero-order valence-electron chi connectivity index (χ0n) is 16.3. The van der Waals surface area contributed by atoms with Gasteiger partial charge in [0.1, 0.15) is 6.04 Å². The van der Waals surface area contributed by atoms with Gasteiger partial charge in [0.2, 0.25) is 11.8 Å². The normalized spacial score (nSPS) is 23.9. The highest BCUT2D eigenvalue weighted by Gasteiger charge is 2.36. The Bertz CT molecular complexity index is 626. The summed E-state index contributed by atoms with van der Waals surface area (Å²) in [6, 6.07) is 9.34. The summed E-state index contributed by atoms with van der Waals surface area (Å²) in [5.74, 6) is 0.154. The Morgan fingerprint density at radius 2 is 2.00 bits per heavy atom. The Balaban J connectivity index is 2.05. The second-order valence-electron chi connectivity index (χ2n) is 8.07. The van der Waals surface area contributed by atoms with Crippen LogP contribution in [-0.4, -0.2) is 23.9 Å². The van der Waals surface area contributed by atoms with E-state index in [0.717, 1.165) is 24.8 Å². The largest absolute Gasteiger partial charge is 0.352 e. The average Bonchev–Trinajstić information content (AvgIpc) is 2.61. The van der Waals surface area contributed by atoms with E-state index in [1.165, 1.54) is 12.5 Å². The van der Waals surface area contributed by atoms with Gasteiger partial charge in [-0.3, -0.25) is 9.59 Å². The summed E-state index contributed by atoms with van der Waals surface area (Å²) in [6.45, 7) is 10.3. The van der Waals surface area contributed by atoms with Crippen molar-refractivity contribution in [1.29, 1.82) is 0 Å². The number of carbonyl (C=O) groups is 2. The lowest BCUT2D eigenvalue weighted by molar-refractivity contribution is -0.128. The highest BCUT2D eigenvalue weighted by Crippen LogP contribution is 2.41. The van der Waals surface area contributed by atoms with Crippen LogP contribution < -0.4 is 10.6 Å². The van der Waals surface area contributed by atoms with Crippen molar-refractivity contribution < 1.29 is 9.59 Å². The highest BCUT2D eigenvalue weighted by atomic mass is 16.2. The maximum absolute atomic E-state index is 12.9. The smallest absolute Gasteiger partial charge is 0.244 e. The standard InChI is InChI=1S/C22H32N2O2/c1-5-20(25)24-19(14-17-10-7-6-8-11-17)21(26)23-18-12-9-13-22(4,15-18)16(2)3/h5-8,10-11,16,18-19H,1,9,12-15H2,2-4H3,(H,23,26)(H,24,25)/t18?,19-,22?/m1/s1. The van der Waals surface area contributed by atoms with E-state index in [0.29, 0.717) is 12.3 Å². The first kappa shape index (κ1) is 20.2. The first-order valence-electron chi connectivity index (χ1n) is 9.61. The molecule has 0 heterocycles. The summed E-state index contributed by atoms with van der Waals surface area (Å²) in [6.07, 6.45) is 6.01. The van der Waals surface area contributed by atoms with Gasteiger partial charge < -0.3 is 10.6 Å². The van der Waals surface area contributed by atoms with Crippen LogP contribution in [0.25, 0.3) is 0 Å². The van der Waals surface area contributed by atoms with E-state index in [-0.39, 0.29) is 23.3 Å². The quantitative estimate of drug-likeness (QED) is 0.733. The predicted molar refractivity (Wildman–Crippen MR) is 106 cm³/mol. The van der Waals surface area contributed by atoms with Crippen molar-refractivity contribution in [1.82, 2.24) is 10.6 Å². The van der Waals surface area contributed by atoms with Gasteiger partial charge in [-0.05, 0) is 42.2 Å². The second kappa shape index (κ2) is 9.02. The molecule has 2 unspecified atom stereocenters. The Labute approximate surface area is 157 Å². The van der Waals surface area contributed by atoms with Gasteiger partial charge in [-0.1, -0.05) is 64.1 Å². The van der Waals surface area contributed by atoms with Crippen LogP contribution in [0, 0.1) is 11.3 Å². The van der Waals surface area contributed by atoms with Crippen molar-refractivity contribution in [2.45, 2.75) is 65.0 Å². The Morgan fingerprint density at radius 1 is 1.31 bits per heavy atom. The van der Waals surface area contributed by atoms with Crippen molar-refractivity contribution in [3.05, 3.63) is 48.6 Å². The van der Waals surface area contributed by atoms with Crippen molar-refractivity contribution in [2.24, 2.45) is 11.3 Å². The van der Waals surface area contributed by atoms with Crippen LogP contribution in [0.3, 0.4) is 0 Å². The van der Waals surface area contributed by atoms with Gasteiger partial charge in [0.25, 0.3) is 0 Å². The first-order chi connectivity index (χ1) is 12.3. The average molecular weight is 357 g/mol. The maximum atomic E-state index is 12.9. The third-order valence-corrected chi connectivity index (χ3v) is 5.85. The summed E-state index contributed by atoms with van der Waals surface area (Å²) >= 11 is 0. The molecule has 1 aromatic carbocycles. The molecule has 3 atom stereocenters. The highest BCUT2D eigenvalue weighted by molar-refractivity contribution is 5.92. The molecule has 2 N–H and O–H groups in total. The molecule has 0 bridgehead atoms. The zero-order valence-corrected chi connectivity index (χ0v) is 16.3. The molecule has 1 fully saturated rings. The van der Waals surface area contributed by atoms with Crippen LogP contribution in [-0.2, 0) is 16.0 Å². The van der Waals surface area contributed by atoms with E-state index in [2.05, 4.69) is 38.0 Å². The Kier molecular flexibility index (Phi) is 7.01. The number of carbonyl (C=O) groups excluding carboxylic acids is 2. The van der Waals surface area contributed by atoms with Gasteiger partial charge in [-0.2, -0.15) is 0 Å². The summed E-state index contributed by atoms with van der Waals surface area (Å²) in [5.41, 5.74) is 1.28. The van der Waals surface area contributed by atoms with Crippen molar-refractivity contribution in [3.8, 4) is 0 Å². The van der Waals surface area contributed by atoms with Gasteiger partial charge in [-0.25, -0.2) is 0 Å².